The average Bonchev–Trinajstić information content (AvgIpc) is 3.93. The van der Waals surface area contributed by atoms with E-state index in [0.717, 1.165) is 113 Å². The SMILES string of the molecule is C=C(CC)CCCCc1csc(-c2ccc(C3=CCCC=C3CN3CCN(c4ccc(C(=O)NS(=O)(=O)c5ccc(NCC(CCC)CCC)c(C)c5)cc4)CC3)s2)n1. The molecule has 0 saturated carbocycles. The highest BCUT2D eigenvalue weighted by molar-refractivity contribution is 7.90. The molecule has 3 heterocycles. The van der Waals surface area contributed by atoms with Gasteiger partial charge >= 0.3 is 0 Å². The van der Waals surface area contributed by atoms with E-state index in [1.807, 2.05) is 30.4 Å². The van der Waals surface area contributed by atoms with Crippen LogP contribution >= 0.6 is 22.7 Å². The van der Waals surface area contributed by atoms with Crippen molar-refractivity contribution >= 4 is 55.6 Å². The number of nitrogens with one attached hydrogen (secondary N) is 2. The van der Waals surface area contributed by atoms with Crippen molar-refractivity contribution in [2.24, 2.45) is 5.92 Å². The summed E-state index contributed by atoms with van der Waals surface area (Å²) in [7, 11) is -4.04. The smallest absolute Gasteiger partial charge is 0.264 e. The molecule has 2 aromatic heterocycles. The number of allylic oxidation sites excluding steroid dienone is 3. The molecule has 0 spiro atoms. The molecule has 6 rings (SSSR count). The van der Waals surface area contributed by atoms with Crippen molar-refractivity contribution in [2.75, 3.05) is 49.5 Å². The second-order valence-corrected chi connectivity index (χ2v) is 19.7. The first-order valence-corrected chi connectivity index (χ1v) is 24.8. The first-order valence-electron chi connectivity index (χ1n) is 21.7. The van der Waals surface area contributed by atoms with Gasteiger partial charge in [0.1, 0.15) is 5.01 Å². The Balaban J connectivity index is 0.977. The lowest BCUT2D eigenvalue weighted by Gasteiger charge is -2.37. The van der Waals surface area contributed by atoms with Crippen LogP contribution in [0.5, 0.6) is 0 Å². The number of nitrogens with zero attached hydrogens (tertiary/aromatic N) is 3. The zero-order valence-corrected chi connectivity index (χ0v) is 38.0. The van der Waals surface area contributed by atoms with E-state index in [-0.39, 0.29) is 4.90 Å². The zero-order valence-electron chi connectivity index (χ0n) is 35.5. The number of carbonyl (C=O) groups is 1. The van der Waals surface area contributed by atoms with Gasteiger partial charge in [-0.25, -0.2) is 18.1 Å². The Labute approximate surface area is 361 Å². The number of unbranched alkanes of at least 4 members (excludes halogenated alkanes) is 1. The molecule has 1 amide bonds. The molecule has 59 heavy (non-hydrogen) atoms. The largest absolute Gasteiger partial charge is 0.385 e. The van der Waals surface area contributed by atoms with E-state index in [1.165, 1.54) is 51.4 Å². The van der Waals surface area contributed by atoms with Crippen molar-refractivity contribution in [1.82, 2.24) is 14.6 Å². The molecule has 2 aromatic carbocycles. The molecular formula is C48H63N5O3S3. The van der Waals surface area contributed by atoms with Crippen LogP contribution in [0.25, 0.3) is 15.5 Å². The van der Waals surface area contributed by atoms with Gasteiger partial charge in [0.05, 0.1) is 15.5 Å². The fourth-order valence-corrected chi connectivity index (χ4v) is 11.1. The van der Waals surface area contributed by atoms with Crippen molar-refractivity contribution < 1.29 is 13.2 Å². The number of hydrogen-bond acceptors (Lipinski definition) is 9. The van der Waals surface area contributed by atoms with E-state index in [1.54, 1.807) is 41.7 Å². The highest BCUT2D eigenvalue weighted by Crippen LogP contribution is 2.38. The van der Waals surface area contributed by atoms with Gasteiger partial charge in [0.25, 0.3) is 15.9 Å². The van der Waals surface area contributed by atoms with Gasteiger partial charge in [-0.2, -0.15) is 0 Å². The lowest BCUT2D eigenvalue weighted by Crippen LogP contribution is -2.47. The second kappa shape index (κ2) is 21.5. The minimum atomic E-state index is -4.04. The maximum atomic E-state index is 13.2. The van der Waals surface area contributed by atoms with Gasteiger partial charge in [0.15, 0.2) is 0 Å². The van der Waals surface area contributed by atoms with Crippen LogP contribution in [0.4, 0.5) is 11.4 Å². The Bertz CT molecular complexity index is 2190. The first kappa shape index (κ1) is 44.5. The van der Waals surface area contributed by atoms with Crippen LogP contribution in [0.3, 0.4) is 0 Å². The number of carbonyl (C=O) groups excluding carboxylic acids is 1. The van der Waals surface area contributed by atoms with Crippen LogP contribution < -0.4 is 14.9 Å². The molecule has 4 aromatic rings. The van der Waals surface area contributed by atoms with E-state index >= 15 is 0 Å². The Morgan fingerprint density at radius 1 is 0.915 bits per heavy atom. The highest BCUT2D eigenvalue weighted by Gasteiger charge is 2.23. The fourth-order valence-electron chi connectivity index (χ4n) is 8.01. The molecule has 1 fully saturated rings. The Kier molecular flexibility index (Phi) is 16.2. The number of sulfonamides is 1. The molecule has 1 saturated heterocycles. The van der Waals surface area contributed by atoms with Crippen molar-refractivity contribution in [1.29, 1.82) is 0 Å². The van der Waals surface area contributed by atoms with Gasteiger partial charge in [0, 0.05) is 66.5 Å². The third-order valence-electron chi connectivity index (χ3n) is 11.6. The number of piperazine rings is 1. The van der Waals surface area contributed by atoms with Crippen molar-refractivity contribution in [2.45, 2.75) is 103 Å². The van der Waals surface area contributed by atoms with E-state index in [9.17, 15) is 13.2 Å². The molecule has 1 aliphatic carbocycles. The number of benzene rings is 2. The zero-order chi connectivity index (χ0) is 41.8. The molecule has 0 unspecified atom stereocenters. The van der Waals surface area contributed by atoms with Crippen LogP contribution in [0.2, 0.25) is 0 Å². The lowest BCUT2D eigenvalue weighted by molar-refractivity contribution is 0.0981. The summed E-state index contributed by atoms with van der Waals surface area (Å²) in [5.41, 5.74) is 8.39. The summed E-state index contributed by atoms with van der Waals surface area (Å²) >= 11 is 3.61. The molecule has 0 radical (unpaired) electrons. The number of anilines is 2. The van der Waals surface area contributed by atoms with E-state index in [4.69, 9.17) is 4.98 Å². The summed E-state index contributed by atoms with van der Waals surface area (Å²) < 4.78 is 28.8. The van der Waals surface area contributed by atoms with Crippen LogP contribution in [0, 0.1) is 12.8 Å². The molecule has 2 N–H and O–H groups in total. The van der Waals surface area contributed by atoms with Crippen LogP contribution in [-0.4, -0.2) is 63.5 Å². The van der Waals surface area contributed by atoms with Gasteiger partial charge in [-0.3, -0.25) is 9.69 Å². The Morgan fingerprint density at radius 3 is 2.36 bits per heavy atom. The number of rotatable bonds is 21. The van der Waals surface area contributed by atoms with Gasteiger partial charge < -0.3 is 10.2 Å². The topological polar surface area (TPSA) is 94.6 Å². The van der Waals surface area contributed by atoms with Crippen molar-refractivity contribution in [3.63, 3.8) is 0 Å². The van der Waals surface area contributed by atoms with Crippen molar-refractivity contribution in [3.8, 4) is 9.88 Å². The summed E-state index contributed by atoms with van der Waals surface area (Å²) in [6.45, 7) is 18.0. The molecule has 0 bridgehead atoms. The third kappa shape index (κ3) is 12.3. The molecule has 2 aliphatic rings. The van der Waals surface area contributed by atoms with E-state index < -0.39 is 15.9 Å². The summed E-state index contributed by atoms with van der Waals surface area (Å²) in [6, 6.07) is 16.8. The third-order valence-corrected chi connectivity index (χ3v) is 15.1. The molecule has 8 nitrogen and oxygen atoms in total. The van der Waals surface area contributed by atoms with Gasteiger partial charge in [-0.15, -0.1) is 22.7 Å². The maximum absolute atomic E-state index is 13.2. The standard InChI is InChI=1S/C48H63N5O3S3/c1-6-13-37(14-7-2)32-49-44-24-23-42(31-36(44)5)59(55,56)51-47(54)38-19-21-41(22-20-38)53-29-27-52(28-30-53)33-39-16-10-12-18-43(39)45-25-26-46(58-45)48-50-40(34-57-48)17-11-9-15-35(4)8-3/h16,18-26,31,34,37,49H,4,6-15,17,27-30,32-33H2,1-3,5H3,(H,51,54). The quantitative estimate of drug-likeness (QED) is 0.0637. The normalized spacial score (nSPS) is 15.0. The van der Waals surface area contributed by atoms with E-state index in [2.05, 4.69) is 76.9 Å². The van der Waals surface area contributed by atoms with Crippen LogP contribution in [-0.2, 0) is 16.4 Å². The molecular weight excluding hydrogens is 791 g/mol. The number of hydrogen-bond donors (Lipinski definition) is 2. The minimum absolute atomic E-state index is 0.0782. The molecule has 316 valence electrons. The summed E-state index contributed by atoms with van der Waals surface area (Å²) in [5.74, 6) is -0.0473. The highest BCUT2D eigenvalue weighted by atomic mass is 32.2. The molecule has 1 aliphatic heterocycles. The Hall–Kier alpha value is -4.03. The predicted molar refractivity (Wildman–Crippen MR) is 250 cm³/mol. The number of aryl methyl sites for hydroxylation is 2. The predicted octanol–water partition coefficient (Wildman–Crippen LogP) is 11.5. The monoisotopic (exact) mass is 853 g/mol. The number of aromatic nitrogens is 1. The van der Waals surface area contributed by atoms with Crippen LogP contribution in [0.15, 0.2) is 94.8 Å². The number of thiazole rings is 1. The van der Waals surface area contributed by atoms with Gasteiger partial charge in [0.2, 0.25) is 0 Å². The number of thiophene rings is 1. The van der Waals surface area contributed by atoms with E-state index in [0.29, 0.717) is 11.5 Å². The molecule has 0 atom stereocenters. The van der Waals surface area contributed by atoms with Gasteiger partial charge in [-0.05, 0) is 142 Å². The second-order valence-electron chi connectivity index (χ2n) is 16.1. The average molecular weight is 854 g/mol. The van der Waals surface area contributed by atoms with Gasteiger partial charge in [-0.1, -0.05) is 57.9 Å². The number of amides is 1. The van der Waals surface area contributed by atoms with Crippen molar-refractivity contribution in [3.05, 3.63) is 112 Å². The lowest BCUT2D eigenvalue weighted by atomic mass is 9.96. The van der Waals surface area contributed by atoms with Crippen LogP contribution in [0.1, 0.15) is 111 Å². The maximum Gasteiger partial charge on any atom is 0.264 e. The minimum Gasteiger partial charge on any atom is -0.385 e. The molecule has 11 heteroatoms. The fraction of sp³-hybridized carbons (Fsp3) is 0.458. The Morgan fingerprint density at radius 2 is 1.64 bits per heavy atom. The summed E-state index contributed by atoms with van der Waals surface area (Å²) in [4.78, 5) is 25.6. The summed E-state index contributed by atoms with van der Waals surface area (Å²) in [5, 5.41) is 6.85. The first-order chi connectivity index (χ1) is 28.6. The summed E-state index contributed by atoms with van der Waals surface area (Å²) in [6.07, 6.45) is 17.1.